The summed E-state index contributed by atoms with van der Waals surface area (Å²) in [7, 11) is 0. The van der Waals surface area contributed by atoms with E-state index in [0.717, 1.165) is 23.5 Å². The highest BCUT2D eigenvalue weighted by atomic mass is 32.1. The number of nitrogens with two attached hydrogens (primary N) is 1. The van der Waals surface area contributed by atoms with Crippen LogP contribution in [0.2, 0.25) is 0 Å². The Kier molecular flexibility index (Phi) is 4.31. The highest BCUT2D eigenvalue weighted by Crippen LogP contribution is 2.26. The molecule has 0 saturated carbocycles. The van der Waals surface area contributed by atoms with E-state index in [1.807, 2.05) is 6.20 Å². The molecule has 2 aromatic heterocycles. The third-order valence-corrected chi connectivity index (χ3v) is 4.05. The average Bonchev–Trinajstić information content (AvgIpc) is 2.73. The average molecular weight is 279 g/mol. The van der Waals surface area contributed by atoms with E-state index in [1.54, 1.807) is 11.3 Å². The van der Waals surface area contributed by atoms with Crippen LogP contribution in [0.25, 0.3) is 4.96 Å². The first-order chi connectivity index (χ1) is 8.83. The van der Waals surface area contributed by atoms with Crippen molar-refractivity contribution in [2.24, 2.45) is 17.1 Å². The van der Waals surface area contributed by atoms with E-state index in [-0.39, 0.29) is 6.04 Å². The minimum absolute atomic E-state index is 0.210. The van der Waals surface area contributed by atoms with Gasteiger partial charge in [-0.25, -0.2) is 4.98 Å². The van der Waals surface area contributed by atoms with Gasteiger partial charge in [-0.3, -0.25) is 4.40 Å². The summed E-state index contributed by atoms with van der Waals surface area (Å²) in [6.45, 7) is 9.17. The predicted molar refractivity (Wildman–Crippen MR) is 82.6 cm³/mol. The molecule has 2 unspecified atom stereocenters. The Morgan fingerprint density at radius 1 is 1.42 bits per heavy atom. The minimum atomic E-state index is 0.210. The second-order valence-corrected chi connectivity index (χ2v) is 7.77. The van der Waals surface area contributed by atoms with E-state index in [1.165, 1.54) is 6.42 Å². The third-order valence-electron chi connectivity index (χ3n) is 3.28. The van der Waals surface area contributed by atoms with Gasteiger partial charge in [0.25, 0.3) is 0 Å². The molecule has 0 aliphatic carbocycles. The lowest BCUT2D eigenvalue weighted by atomic mass is 9.82. The fourth-order valence-corrected chi connectivity index (χ4v) is 3.59. The van der Waals surface area contributed by atoms with Crippen LogP contribution in [0, 0.1) is 11.3 Å². The molecule has 106 valence electrons. The van der Waals surface area contributed by atoms with E-state index in [2.05, 4.69) is 48.7 Å². The first kappa shape index (κ1) is 14.5. The molecule has 0 aromatic carbocycles. The lowest BCUT2D eigenvalue weighted by Crippen LogP contribution is -2.27. The number of rotatable bonds is 5. The van der Waals surface area contributed by atoms with Crippen molar-refractivity contribution in [2.75, 3.05) is 0 Å². The highest BCUT2D eigenvalue weighted by Gasteiger charge is 2.18. The third kappa shape index (κ3) is 4.32. The Balaban J connectivity index is 1.87. The summed E-state index contributed by atoms with van der Waals surface area (Å²) in [4.78, 5) is 5.66. The van der Waals surface area contributed by atoms with Gasteiger partial charge in [-0.2, -0.15) is 0 Å². The van der Waals surface area contributed by atoms with Crippen molar-refractivity contribution >= 4 is 16.3 Å². The van der Waals surface area contributed by atoms with Gasteiger partial charge in [0.1, 0.15) is 0 Å². The van der Waals surface area contributed by atoms with Crippen LogP contribution in [0.15, 0.2) is 17.8 Å². The Morgan fingerprint density at radius 2 is 2.16 bits per heavy atom. The summed E-state index contributed by atoms with van der Waals surface area (Å²) < 4.78 is 2.07. The number of aromatic nitrogens is 2. The quantitative estimate of drug-likeness (QED) is 0.906. The van der Waals surface area contributed by atoms with Crippen molar-refractivity contribution < 1.29 is 0 Å². The molecule has 0 spiro atoms. The number of nitrogens with zero attached hydrogens (tertiary/aromatic N) is 2. The standard InChI is InChI=1S/C15H25N3S/c1-11(9-15(2,3)4)7-12(16)8-13-10-18-5-6-19-14(18)17-13/h5-6,10-12H,7-9,16H2,1-4H3. The van der Waals surface area contributed by atoms with Crippen molar-refractivity contribution in [2.45, 2.75) is 53.0 Å². The molecule has 2 N–H and O–H groups in total. The van der Waals surface area contributed by atoms with Gasteiger partial charge in [-0.15, -0.1) is 11.3 Å². The zero-order valence-corrected chi connectivity index (χ0v) is 13.2. The van der Waals surface area contributed by atoms with Gasteiger partial charge in [0.2, 0.25) is 0 Å². The maximum atomic E-state index is 6.27. The predicted octanol–water partition coefficient (Wildman–Crippen LogP) is 3.73. The molecular formula is C15H25N3S. The van der Waals surface area contributed by atoms with Crippen LogP contribution >= 0.6 is 11.3 Å². The molecule has 0 saturated heterocycles. The molecule has 0 aliphatic heterocycles. The molecule has 0 fully saturated rings. The van der Waals surface area contributed by atoms with Crippen LogP contribution in [0.5, 0.6) is 0 Å². The number of fused-ring (bicyclic) bond motifs is 1. The molecule has 19 heavy (non-hydrogen) atoms. The van der Waals surface area contributed by atoms with Crippen molar-refractivity contribution in [3.8, 4) is 0 Å². The Hall–Kier alpha value is -0.870. The molecule has 0 radical (unpaired) electrons. The molecule has 3 nitrogen and oxygen atoms in total. The summed E-state index contributed by atoms with van der Waals surface area (Å²) in [6, 6.07) is 0.210. The summed E-state index contributed by atoms with van der Waals surface area (Å²) in [5, 5.41) is 2.05. The van der Waals surface area contributed by atoms with E-state index >= 15 is 0 Å². The Morgan fingerprint density at radius 3 is 2.79 bits per heavy atom. The smallest absolute Gasteiger partial charge is 0.193 e. The first-order valence-electron chi connectivity index (χ1n) is 7.00. The van der Waals surface area contributed by atoms with Gasteiger partial charge in [0.15, 0.2) is 4.96 Å². The molecule has 0 amide bonds. The summed E-state index contributed by atoms with van der Waals surface area (Å²) >= 11 is 1.67. The zero-order chi connectivity index (χ0) is 14.0. The molecule has 0 aliphatic rings. The summed E-state index contributed by atoms with van der Waals surface area (Å²) in [5.41, 5.74) is 7.77. The van der Waals surface area contributed by atoms with E-state index < -0.39 is 0 Å². The topological polar surface area (TPSA) is 43.3 Å². The number of imidazole rings is 1. The lowest BCUT2D eigenvalue weighted by molar-refractivity contribution is 0.285. The highest BCUT2D eigenvalue weighted by molar-refractivity contribution is 7.15. The number of hydrogen-bond acceptors (Lipinski definition) is 3. The van der Waals surface area contributed by atoms with Crippen molar-refractivity contribution in [1.29, 1.82) is 0 Å². The van der Waals surface area contributed by atoms with E-state index in [4.69, 9.17) is 5.73 Å². The van der Waals surface area contributed by atoms with Gasteiger partial charge in [0, 0.05) is 30.2 Å². The monoisotopic (exact) mass is 279 g/mol. The van der Waals surface area contributed by atoms with Crippen LogP contribution in [-0.4, -0.2) is 15.4 Å². The number of hydrogen-bond donors (Lipinski definition) is 1. The SMILES string of the molecule is CC(CC(N)Cc1cn2ccsc2n1)CC(C)(C)C. The van der Waals surface area contributed by atoms with E-state index in [0.29, 0.717) is 11.3 Å². The Bertz CT molecular complexity index is 492. The van der Waals surface area contributed by atoms with Crippen LogP contribution in [0.3, 0.4) is 0 Å². The summed E-state index contributed by atoms with van der Waals surface area (Å²) in [5.74, 6) is 0.665. The van der Waals surface area contributed by atoms with Crippen molar-refractivity contribution in [3.63, 3.8) is 0 Å². The van der Waals surface area contributed by atoms with Crippen LogP contribution < -0.4 is 5.73 Å². The van der Waals surface area contributed by atoms with Gasteiger partial charge in [-0.05, 0) is 24.2 Å². The normalized spacial score (nSPS) is 15.8. The fraction of sp³-hybridized carbons (Fsp3) is 0.667. The van der Waals surface area contributed by atoms with Crippen LogP contribution in [0.1, 0.15) is 46.2 Å². The molecule has 2 atom stereocenters. The van der Waals surface area contributed by atoms with Gasteiger partial charge < -0.3 is 5.73 Å². The maximum absolute atomic E-state index is 6.27. The molecule has 4 heteroatoms. The first-order valence-corrected chi connectivity index (χ1v) is 7.88. The molecular weight excluding hydrogens is 254 g/mol. The second kappa shape index (κ2) is 5.63. The zero-order valence-electron chi connectivity index (χ0n) is 12.4. The van der Waals surface area contributed by atoms with E-state index in [9.17, 15) is 0 Å². The van der Waals surface area contributed by atoms with Gasteiger partial charge in [-0.1, -0.05) is 27.7 Å². The summed E-state index contributed by atoms with van der Waals surface area (Å²) in [6.07, 6.45) is 7.31. The molecule has 2 rings (SSSR count). The van der Waals surface area contributed by atoms with Gasteiger partial charge in [0.05, 0.1) is 5.69 Å². The minimum Gasteiger partial charge on any atom is -0.327 e. The largest absolute Gasteiger partial charge is 0.327 e. The fourth-order valence-electron chi connectivity index (χ4n) is 2.87. The van der Waals surface area contributed by atoms with Crippen LogP contribution in [0.4, 0.5) is 0 Å². The molecule has 2 aromatic rings. The Labute approximate surface area is 119 Å². The second-order valence-electron chi connectivity index (χ2n) is 6.89. The molecule has 2 heterocycles. The lowest BCUT2D eigenvalue weighted by Gasteiger charge is -2.25. The number of thiazole rings is 1. The maximum Gasteiger partial charge on any atom is 0.193 e. The van der Waals surface area contributed by atoms with Gasteiger partial charge >= 0.3 is 0 Å². The van der Waals surface area contributed by atoms with Crippen LogP contribution in [-0.2, 0) is 6.42 Å². The molecule has 0 bridgehead atoms. The van der Waals surface area contributed by atoms with Crippen molar-refractivity contribution in [3.05, 3.63) is 23.5 Å². The van der Waals surface area contributed by atoms with Crippen molar-refractivity contribution in [1.82, 2.24) is 9.38 Å².